The highest BCUT2D eigenvalue weighted by Crippen LogP contribution is 2.23. The van der Waals surface area contributed by atoms with E-state index in [9.17, 15) is 14.7 Å². The highest BCUT2D eigenvalue weighted by Gasteiger charge is 2.22. The van der Waals surface area contributed by atoms with Crippen molar-refractivity contribution in [1.82, 2.24) is 10.6 Å². The zero-order valence-electron chi connectivity index (χ0n) is 13.0. The van der Waals surface area contributed by atoms with Crippen molar-refractivity contribution in [2.45, 2.75) is 39.3 Å². The van der Waals surface area contributed by atoms with Crippen LogP contribution < -0.4 is 15.4 Å². The predicted octanol–water partition coefficient (Wildman–Crippen LogP) is 1.43. The number of ether oxygens (including phenoxy) is 1. The van der Waals surface area contributed by atoms with Gasteiger partial charge in [0.2, 0.25) is 5.91 Å². The number of hydrogen-bond acceptors (Lipinski definition) is 4. The molecule has 0 saturated heterocycles. The molecule has 1 unspecified atom stereocenters. The van der Waals surface area contributed by atoms with Crippen molar-refractivity contribution in [3.63, 3.8) is 0 Å². The number of carbonyl (C=O) groups is 2. The van der Waals surface area contributed by atoms with Crippen LogP contribution in [0.4, 0.5) is 0 Å². The second-order valence-corrected chi connectivity index (χ2v) is 5.82. The maximum Gasteiger partial charge on any atom is 0.255 e. The summed E-state index contributed by atoms with van der Waals surface area (Å²) in [5, 5.41) is 15.1. The molecule has 0 radical (unpaired) electrons. The first kappa shape index (κ1) is 16.8. The monoisotopic (exact) mass is 294 g/mol. The lowest BCUT2D eigenvalue weighted by molar-refractivity contribution is -0.124. The fourth-order valence-corrected chi connectivity index (χ4v) is 1.65. The Balaban J connectivity index is 2.75. The molecule has 21 heavy (non-hydrogen) atoms. The van der Waals surface area contributed by atoms with Gasteiger partial charge >= 0.3 is 0 Å². The van der Waals surface area contributed by atoms with Crippen LogP contribution in [0.5, 0.6) is 11.5 Å². The number of carbonyl (C=O) groups excluding carboxylic acids is 2. The van der Waals surface area contributed by atoms with Gasteiger partial charge in [-0.3, -0.25) is 9.59 Å². The van der Waals surface area contributed by atoms with Gasteiger partial charge in [-0.1, -0.05) is 0 Å². The predicted molar refractivity (Wildman–Crippen MR) is 79.5 cm³/mol. The third-order valence-electron chi connectivity index (χ3n) is 2.69. The maximum absolute atomic E-state index is 12.1. The summed E-state index contributed by atoms with van der Waals surface area (Å²) in [7, 11) is 1.47. The first-order valence-electron chi connectivity index (χ1n) is 6.64. The molecule has 1 aromatic rings. The van der Waals surface area contributed by atoms with Crippen LogP contribution >= 0.6 is 0 Å². The minimum Gasteiger partial charge on any atom is -0.507 e. The van der Waals surface area contributed by atoms with E-state index in [-0.39, 0.29) is 22.8 Å². The van der Waals surface area contributed by atoms with Crippen LogP contribution in [-0.4, -0.2) is 35.6 Å². The second kappa shape index (κ2) is 6.47. The molecular weight excluding hydrogens is 272 g/mol. The van der Waals surface area contributed by atoms with Gasteiger partial charge < -0.3 is 20.5 Å². The first-order chi connectivity index (χ1) is 9.64. The second-order valence-electron chi connectivity index (χ2n) is 5.82. The zero-order chi connectivity index (χ0) is 16.2. The molecule has 1 atom stereocenters. The molecule has 0 heterocycles. The first-order valence-corrected chi connectivity index (χ1v) is 6.64. The molecule has 0 aliphatic heterocycles. The number of amides is 2. The number of methoxy groups -OCH3 is 1. The average molecular weight is 294 g/mol. The molecule has 0 aliphatic rings. The Bertz CT molecular complexity index is 535. The summed E-state index contributed by atoms with van der Waals surface area (Å²) in [5.74, 6) is -0.562. The van der Waals surface area contributed by atoms with Crippen LogP contribution in [0.25, 0.3) is 0 Å². The normalized spacial score (nSPS) is 12.4. The van der Waals surface area contributed by atoms with Gasteiger partial charge in [0.1, 0.15) is 17.5 Å². The molecule has 0 saturated carbocycles. The SMILES string of the molecule is COc1ccc(C(=O)NC(C)C(=O)NC(C)(C)C)c(O)c1. The highest BCUT2D eigenvalue weighted by atomic mass is 16.5. The summed E-state index contributed by atoms with van der Waals surface area (Å²) >= 11 is 0. The number of hydrogen-bond donors (Lipinski definition) is 3. The topological polar surface area (TPSA) is 87.7 Å². The van der Waals surface area contributed by atoms with Crippen molar-refractivity contribution in [3.05, 3.63) is 23.8 Å². The van der Waals surface area contributed by atoms with E-state index in [2.05, 4.69) is 10.6 Å². The smallest absolute Gasteiger partial charge is 0.255 e. The third-order valence-corrected chi connectivity index (χ3v) is 2.69. The number of aromatic hydroxyl groups is 1. The number of nitrogens with one attached hydrogen (secondary N) is 2. The summed E-state index contributed by atoms with van der Waals surface area (Å²) in [6.45, 7) is 7.15. The van der Waals surface area contributed by atoms with Crippen molar-refractivity contribution in [1.29, 1.82) is 0 Å². The molecule has 0 aromatic heterocycles. The quantitative estimate of drug-likeness (QED) is 0.784. The molecule has 0 fully saturated rings. The molecular formula is C15H22N2O4. The molecule has 6 nitrogen and oxygen atoms in total. The Labute approximate surface area is 124 Å². The fraction of sp³-hybridized carbons (Fsp3) is 0.467. The molecule has 0 spiro atoms. The van der Waals surface area contributed by atoms with Gasteiger partial charge in [0.05, 0.1) is 12.7 Å². The molecule has 116 valence electrons. The molecule has 0 bridgehead atoms. The minimum absolute atomic E-state index is 0.0891. The minimum atomic E-state index is -0.710. The molecule has 6 heteroatoms. The van der Waals surface area contributed by atoms with Gasteiger partial charge in [-0.2, -0.15) is 0 Å². The summed E-state index contributed by atoms with van der Waals surface area (Å²) in [4.78, 5) is 24.0. The lowest BCUT2D eigenvalue weighted by atomic mass is 10.1. The summed E-state index contributed by atoms with van der Waals surface area (Å²) < 4.78 is 4.95. The van der Waals surface area contributed by atoms with Crippen LogP contribution in [0.2, 0.25) is 0 Å². The maximum atomic E-state index is 12.1. The number of phenolic OH excluding ortho intramolecular Hbond substituents is 1. The van der Waals surface area contributed by atoms with Crippen LogP contribution in [0.1, 0.15) is 38.1 Å². The average Bonchev–Trinajstić information content (AvgIpc) is 2.36. The van der Waals surface area contributed by atoms with Crippen LogP contribution in [0.15, 0.2) is 18.2 Å². The Hall–Kier alpha value is -2.24. The van der Waals surface area contributed by atoms with E-state index < -0.39 is 11.9 Å². The largest absolute Gasteiger partial charge is 0.507 e. The number of rotatable bonds is 4. The Morgan fingerprint density at radius 2 is 1.90 bits per heavy atom. The van der Waals surface area contributed by atoms with E-state index in [4.69, 9.17) is 4.74 Å². The Morgan fingerprint density at radius 1 is 1.29 bits per heavy atom. The molecule has 2 amide bonds. The summed E-state index contributed by atoms with van der Waals surface area (Å²) in [6.07, 6.45) is 0. The van der Waals surface area contributed by atoms with E-state index in [0.717, 1.165) is 0 Å². The van der Waals surface area contributed by atoms with Gasteiger partial charge in [0, 0.05) is 11.6 Å². The van der Waals surface area contributed by atoms with Crippen molar-refractivity contribution < 1.29 is 19.4 Å². The number of phenols is 1. The van der Waals surface area contributed by atoms with E-state index >= 15 is 0 Å². The number of benzene rings is 1. The molecule has 1 aromatic carbocycles. The van der Waals surface area contributed by atoms with E-state index in [1.807, 2.05) is 20.8 Å². The van der Waals surface area contributed by atoms with E-state index in [1.165, 1.54) is 19.2 Å². The Morgan fingerprint density at radius 3 is 2.38 bits per heavy atom. The van der Waals surface area contributed by atoms with Gasteiger partial charge in [0.15, 0.2) is 0 Å². The third kappa shape index (κ3) is 4.98. The van der Waals surface area contributed by atoms with E-state index in [0.29, 0.717) is 5.75 Å². The van der Waals surface area contributed by atoms with Gasteiger partial charge in [-0.25, -0.2) is 0 Å². The van der Waals surface area contributed by atoms with Crippen molar-refractivity contribution in [2.24, 2.45) is 0 Å². The van der Waals surface area contributed by atoms with Gasteiger partial charge in [0.25, 0.3) is 5.91 Å². The highest BCUT2D eigenvalue weighted by molar-refractivity contribution is 5.99. The molecule has 1 rings (SSSR count). The van der Waals surface area contributed by atoms with Gasteiger partial charge in [-0.05, 0) is 39.8 Å². The van der Waals surface area contributed by atoms with Gasteiger partial charge in [-0.15, -0.1) is 0 Å². The van der Waals surface area contributed by atoms with Crippen molar-refractivity contribution in [2.75, 3.05) is 7.11 Å². The zero-order valence-corrected chi connectivity index (χ0v) is 13.0. The lowest BCUT2D eigenvalue weighted by Gasteiger charge is -2.23. The Kier molecular flexibility index (Phi) is 5.18. The van der Waals surface area contributed by atoms with Crippen LogP contribution in [0, 0.1) is 0 Å². The van der Waals surface area contributed by atoms with Crippen LogP contribution in [0.3, 0.4) is 0 Å². The molecule has 3 N–H and O–H groups in total. The lowest BCUT2D eigenvalue weighted by Crippen LogP contribution is -2.50. The van der Waals surface area contributed by atoms with Crippen molar-refractivity contribution in [3.8, 4) is 11.5 Å². The van der Waals surface area contributed by atoms with Crippen LogP contribution in [-0.2, 0) is 4.79 Å². The van der Waals surface area contributed by atoms with Crippen molar-refractivity contribution >= 4 is 11.8 Å². The molecule has 0 aliphatic carbocycles. The van der Waals surface area contributed by atoms with E-state index in [1.54, 1.807) is 13.0 Å². The standard InChI is InChI=1S/C15H22N2O4/c1-9(13(19)17-15(2,3)4)16-14(20)11-7-6-10(21-5)8-12(11)18/h6-9,18H,1-5H3,(H,16,20)(H,17,19). The summed E-state index contributed by atoms with van der Waals surface area (Å²) in [6, 6.07) is 3.64. The summed E-state index contributed by atoms with van der Waals surface area (Å²) in [5.41, 5.74) is -0.288. The fourth-order valence-electron chi connectivity index (χ4n) is 1.65.